The molecule has 0 saturated carbocycles. The number of amides is 1. The molecule has 0 spiro atoms. The van der Waals surface area contributed by atoms with Gasteiger partial charge in [0.1, 0.15) is 6.04 Å². The van der Waals surface area contributed by atoms with E-state index in [1.165, 1.54) is 0 Å². The van der Waals surface area contributed by atoms with Crippen molar-refractivity contribution >= 4 is 35.4 Å². The second-order valence-electron chi connectivity index (χ2n) is 3.64. The molecule has 92 valence electrons. The Kier molecular flexibility index (Phi) is 6.05. The van der Waals surface area contributed by atoms with Crippen LogP contribution in [0.1, 0.15) is 19.8 Å². The maximum Gasteiger partial charge on any atom is 0.326 e. The minimum atomic E-state index is -0.957. The third kappa shape index (κ3) is 4.65. The molecule has 0 aliphatic carbocycles. The van der Waals surface area contributed by atoms with Gasteiger partial charge in [0.25, 0.3) is 0 Å². The summed E-state index contributed by atoms with van der Waals surface area (Å²) in [5.41, 5.74) is 0. The second-order valence-corrected chi connectivity index (χ2v) is 6.20. The van der Waals surface area contributed by atoms with Gasteiger partial charge in [-0.3, -0.25) is 4.79 Å². The average Bonchev–Trinajstić information content (AvgIpc) is 2.27. The Bertz CT molecular complexity index is 254. The molecule has 1 fully saturated rings. The second kappa shape index (κ2) is 7.06. The van der Waals surface area contributed by atoms with Gasteiger partial charge < -0.3 is 10.4 Å². The van der Waals surface area contributed by atoms with E-state index in [1.807, 2.05) is 11.8 Å². The maximum absolute atomic E-state index is 11.6. The lowest BCUT2D eigenvalue weighted by atomic mass is 10.2. The molecule has 0 radical (unpaired) electrons. The number of hydrogen-bond donors (Lipinski definition) is 2. The third-order valence-corrected chi connectivity index (χ3v) is 5.18. The first-order valence-corrected chi connectivity index (χ1v) is 7.55. The van der Waals surface area contributed by atoms with Crippen molar-refractivity contribution in [3.63, 3.8) is 0 Å². The fraction of sp³-hybridized carbons (Fsp3) is 0.800. The smallest absolute Gasteiger partial charge is 0.326 e. The van der Waals surface area contributed by atoms with E-state index in [0.29, 0.717) is 18.1 Å². The molecule has 1 heterocycles. The molecule has 4 nitrogen and oxygen atoms in total. The summed E-state index contributed by atoms with van der Waals surface area (Å²) in [6.07, 6.45) is 0.856. The van der Waals surface area contributed by atoms with Crippen LogP contribution in [0, 0.1) is 0 Å². The SMILES string of the molecule is CCC(NC(=O)CC1CSCCS1)C(=O)O. The zero-order chi connectivity index (χ0) is 12.0. The van der Waals surface area contributed by atoms with E-state index in [0.717, 1.165) is 17.3 Å². The van der Waals surface area contributed by atoms with Crippen molar-refractivity contribution in [3.05, 3.63) is 0 Å². The highest BCUT2D eigenvalue weighted by Crippen LogP contribution is 2.26. The Morgan fingerprint density at radius 3 is 2.75 bits per heavy atom. The van der Waals surface area contributed by atoms with Crippen molar-refractivity contribution in [2.45, 2.75) is 31.1 Å². The van der Waals surface area contributed by atoms with E-state index < -0.39 is 12.0 Å². The predicted octanol–water partition coefficient (Wildman–Crippen LogP) is 1.20. The van der Waals surface area contributed by atoms with Crippen molar-refractivity contribution in [2.24, 2.45) is 0 Å². The van der Waals surface area contributed by atoms with Gasteiger partial charge in [0.2, 0.25) is 5.91 Å². The largest absolute Gasteiger partial charge is 0.480 e. The van der Waals surface area contributed by atoms with Gasteiger partial charge in [-0.15, -0.1) is 0 Å². The Morgan fingerprint density at radius 2 is 2.25 bits per heavy atom. The molecule has 1 amide bonds. The number of nitrogens with one attached hydrogen (secondary N) is 1. The van der Waals surface area contributed by atoms with Crippen LogP contribution in [0.4, 0.5) is 0 Å². The number of carbonyl (C=O) groups excluding carboxylic acids is 1. The van der Waals surface area contributed by atoms with Crippen LogP contribution < -0.4 is 5.32 Å². The molecule has 0 aromatic heterocycles. The molecule has 6 heteroatoms. The molecular formula is C10H17NO3S2. The molecule has 1 aliphatic heterocycles. The van der Waals surface area contributed by atoms with Gasteiger partial charge in [-0.1, -0.05) is 6.92 Å². The lowest BCUT2D eigenvalue weighted by molar-refractivity contribution is -0.141. The summed E-state index contributed by atoms with van der Waals surface area (Å²) in [5.74, 6) is 2.12. The third-order valence-electron chi connectivity index (χ3n) is 2.34. The van der Waals surface area contributed by atoms with Crippen LogP contribution in [-0.2, 0) is 9.59 Å². The number of hydrogen-bond acceptors (Lipinski definition) is 4. The number of thioether (sulfide) groups is 2. The predicted molar refractivity (Wildman–Crippen MR) is 68.0 cm³/mol. The normalized spacial score (nSPS) is 22.4. The fourth-order valence-electron chi connectivity index (χ4n) is 1.45. The van der Waals surface area contributed by atoms with E-state index in [2.05, 4.69) is 5.32 Å². The standard InChI is InChI=1S/C10H17NO3S2/c1-2-8(10(13)14)11-9(12)5-7-6-15-3-4-16-7/h7-8H,2-6H2,1H3,(H,11,12)(H,13,14). The van der Waals surface area contributed by atoms with Crippen LogP contribution >= 0.6 is 23.5 Å². The Morgan fingerprint density at radius 1 is 1.50 bits per heavy atom. The first kappa shape index (κ1) is 13.7. The molecule has 1 aliphatic rings. The Balaban J connectivity index is 2.31. The average molecular weight is 263 g/mol. The van der Waals surface area contributed by atoms with Gasteiger partial charge in [-0.05, 0) is 6.42 Å². The zero-order valence-electron chi connectivity index (χ0n) is 9.27. The van der Waals surface area contributed by atoms with Crippen LogP contribution in [0.2, 0.25) is 0 Å². The van der Waals surface area contributed by atoms with Crippen LogP contribution in [-0.4, -0.2) is 45.5 Å². The van der Waals surface area contributed by atoms with Crippen molar-refractivity contribution < 1.29 is 14.7 Å². The highest BCUT2D eigenvalue weighted by atomic mass is 32.2. The molecule has 1 saturated heterocycles. The van der Waals surface area contributed by atoms with Crippen molar-refractivity contribution in [1.29, 1.82) is 0 Å². The summed E-state index contributed by atoms with van der Waals surface area (Å²) < 4.78 is 0. The molecule has 2 unspecified atom stereocenters. The highest BCUT2D eigenvalue weighted by Gasteiger charge is 2.21. The van der Waals surface area contributed by atoms with E-state index in [-0.39, 0.29) is 5.91 Å². The van der Waals surface area contributed by atoms with Crippen molar-refractivity contribution in [1.82, 2.24) is 5.32 Å². The molecule has 16 heavy (non-hydrogen) atoms. The van der Waals surface area contributed by atoms with Crippen molar-refractivity contribution in [3.8, 4) is 0 Å². The number of carbonyl (C=O) groups is 2. The lowest BCUT2D eigenvalue weighted by Crippen LogP contribution is -2.41. The van der Waals surface area contributed by atoms with Gasteiger partial charge in [0.15, 0.2) is 0 Å². The first-order valence-electron chi connectivity index (χ1n) is 5.35. The minimum Gasteiger partial charge on any atom is -0.480 e. The summed E-state index contributed by atoms with van der Waals surface area (Å²) in [6.45, 7) is 1.75. The fourth-order valence-corrected chi connectivity index (χ4v) is 4.13. The van der Waals surface area contributed by atoms with Gasteiger partial charge in [-0.25, -0.2) is 4.79 Å². The van der Waals surface area contributed by atoms with Gasteiger partial charge in [0, 0.05) is 28.9 Å². The maximum atomic E-state index is 11.6. The molecule has 2 N–H and O–H groups in total. The molecule has 2 atom stereocenters. The number of aliphatic carboxylic acids is 1. The van der Waals surface area contributed by atoms with E-state index >= 15 is 0 Å². The summed E-state index contributed by atoms with van der Waals surface area (Å²) >= 11 is 3.66. The highest BCUT2D eigenvalue weighted by molar-refractivity contribution is 8.06. The summed E-state index contributed by atoms with van der Waals surface area (Å²) in [4.78, 5) is 22.3. The molecule has 1 rings (SSSR count). The first-order chi connectivity index (χ1) is 7.63. The van der Waals surface area contributed by atoms with Crippen molar-refractivity contribution in [2.75, 3.05) is 17.3 Å². The van der Waals surface area contributed by atoms with Gasteiger partial charge >= 0.3 is 5.97 Å². The molecule has 0 aromatic carbocycles. The molecule has 0 aromatic rings. The topological polar surface area (TPSA) is 66.4 Å². The lowest BCUT2D eigenvalue weighted by Gasteiger charge is -2.21. The van der Waals surface area contributed by atoms with Gasteiger partial charge in [0.05, 0.1) is 0 Å². The Hall–Kier alpha value is -0.360. The number of rotatable bonds is 5. The summed E-state index contributed by atoms with van der Waals surface area (Å²) in [5, 5.41) is 11.7. The minimum absolute atomic E-state index is 0.144. The molecular weight excluding hydrogens is 246 g/mol. The van der Waals surface area contributed by atoms with Gasteiger partial charge in [-0.2, -0.15) is 23.5 Å². The van der Waals surface area contributed by atoms with E-state index in [1.54, 1.807) is 18.7 Å². The zero-order valence-corrected chi connectivity index (χ0v) is 10.9. The number of carboxylic acids is 1. The molecule has 0 bridgehead atoms. The Labute approximate surface area is 104 Å². The van der Waals surface area contributed by atoms with Crippen LogP contribution in [0.5, 0.6) is 0 Å². The van der Waals surface area contributed by atoms with E-state index in [9.17, 15) is 9.59 Å². The summed E-state index contributed by atoms with van der Waals surface area (Å²) in [7, 11) is 0. The van der Waals surface area contributed by atoms with E-state index in [4.69, 9.17) is 5.11 Å². The van der Waals surface area contributed by atoms with Crippen LogP contribution in [0.15, 0.2) is 0 Å². The van der Waals surface area contributed by atoms with Crippen LogP contribution in [0.3, 0.4) is 0 Å². The van der Waals surface area contributed by atoms with Crippen LogP contribution in [0.25, 0.3) is 0 Å². The number of carboxylic acid groups (broad SMARTS) is 1. The monoisotopic (exact) mass is 263 g/mol. The quantitative estimate of drug-likeness (QED) is 0.780. The summed E-state index contributed by atoms with van der Waals surface area (Å²) in [6, 6.07) is -0.742.